The zero-order valence-corrected chi connectivity index (χ0v) is 16.3. The quantitative estimate of drug-likeness (QED) is 0.582. The first kappa shape index (κ1) is 18.9. The Balaban J connectivity index is 1.58. The number of nitrogens with one attached hydrogen (secondary N) is 2. The number of halogens is 2. The maximum Gasteiger partial charge on any atom is 0.239 e. The zero-order valence-electron chi connectivity index (χ0n) is 14.0. The van der Waals surface area contributed by atoms with E-state index in [0.717, 1.165) is 5.82 Å². The minimum absolute atomic E-state index is 0.237. The lowest BCUT2D eigenvalue weighted by molar-refractivity contribution is -0.132. The van der Waals surface area contributed by atoms with Crippen molar-refractivity contribution in [1.29, 1.82) is 0 Å². The van der Waals surface area contributed by atoms with Crippen molar-refractivity contribution in [1.82, 2.24) is 20.1 Å². The van der Waals surface area contributed by atoms with Crippen molar-refractivity contribution in [3.05, 3.63) is 38.8 Å². The summed E-state index contributed by atoms with van der Waals surface area (Å²) >= 11 is 17.0. The van der Waals surface area contributed by atoms with E-state index in [1.807, 2.05) is 0 Å². The van der Waals surface area contributed by atoms with Crippen LogP contribution < -0.4 is 10.2 Å². The van der Waals surface area contributed by atoms with Gasteiger partial charge in [0.05, 0.1) is 10.0 Å². The fourth-order valence-electron chi connectivity index (χ4n) is 2.86. The van der Waals surface area contributed by atoms with Gasteiger partial charge in [-0.3, -0.25) is 14.7 Å². The van der Waals surface area contributed by atoms with Gasteiger partial charge in [0, 0.05) is 32.2 Å². The van der Waals surface area contributed by atoms with Gasteiger partial charge >= 0.3 is 0 Å². The molecule has 2 N–H and O–H groups in total. The summed E-state index contributed by atoms with van der Waals surface area (Å²) in [6.45, 7) is 0.839. The summed E-state index contributed by atoms with van der Waals surface area (Å²) in [5.74, 6) is -0.481. The van der Waals surface area contributed by atoms with Gasteiger partial charge in [0.15, 0.2) is 4.77 Å². The second-order valence-electron chi connectivity index (χ2n) is 5.97. The van der Waals surface area contributed by atoms with Gasteiger partial charge in [-0.15, -0.1) is 0 Å². The first-order valence-corrected chi connectivity index (χ1v) is 9.19. The number of carbonyl (C=O) groups excluding carboxylic acids is 2. The molecule has 2 aromatic rings. The van der Waals surface area contributed by atoms with Crippen LogP contribution in [0.5, 0.6) is 0 Å². The highest BCUT2D eigenvalue weighted by Crippen LogP contribution is 2.31. The minimum Gasteiger partial charge on any atom is -0.355 e. The molecule has 7 nitrogen and oxygen atoms in total. The summed E-state index contributed by atoms with van der Waals surface area (Å²) in [4.78, 5) is 26.5. The van der Waals surface area contributed by atoms with Crippen LogP contribution in [0, 0.1) is 10.7 Å². The van der Waals surface area contributed by atoms with Crippen molar-refractivity contribution < 1.29 is 9.59 Å². The zero-order chi connectivity index (χ0) is 18.8. The Hall–Kier alpha value is -1.90. The average molecular weight is 414 g/mol. The van der Waals surface area contributed by atoms with E-state index < -0.39 is 5.92 Å². The van der Waals surface area contributed by atoms with Crippen LogP contribution in [0.15, 0.2) is 18.2 Å². The molecule has 10 heteroatoms. The number of benzene rings is 1. The maximum absolute atomic E-state index is 12.6. The molecule has 0 spiro atoms. The minimum atomic E-state index is -0.702. The van der Waals surface area contributed by atoms with E-state index in [9.17, 15) is 9.59 Å². The van der Waals surface area contributed by atoms with Crippen LogP contribution in [0.2, 0.25) is 10.0 Å². The van der Waals surface area contributed by atoms with Crippen molar-refractivity contribution in [3.8, 4) is 0 Å². The predicted octanol–water partition coefficient (Wildman–Crippen LogP) is 2.50. The third-order valence-electron chi connectivity index (χ3n) is 4.36. The van der Waals surface area contributed by atoms with Crippen LogP contribution in [0.25, 0.3) is 0 Å². The molecule has 1 aliphatic rings. The molecule has 138 valence electrons. The number of aromatic amines is 1. The molecule has 2 amide bonds. The maximum atomic E-state index is 12.6. The molecule has 1 saturated heterocycles. The highest BCUT2D eigenvalue weighted by molar-refractivity contribution is 7.71. The van der Waals surface area contributed by atoms with Crippen LogP contribution >= 0.6 is 35.4 Å². The highest BCUT2D eigenvalue weighted by atomic mass is 35.5. The van der Waals surface area contributed by atoms with E-state index >= 15 is 0 Å². The summed E-state index contributed by atoms with van der Waals surface area (Å²) < 4.78 is 2.27. The lowest BCUT2D eigenvalue weighted by Gasteiger charge is -2.17. The molecule has 3 rings (SSSR count). The SMILES string of the molecule is Cn1c(CCNC(=O)C2CCN(c3ccc(Cl)c(Cl)c3)C2=O)n[nH]c1=S. The van der Waals surface area contributed by atoms with E-state index in [2.05, 4.69) is 15.5 Å². The van der Waals surface area contributed by atoms with Gasteiger partial charge in [-0.25, -0.2) is 0 Å². The molecule has 1 aromatic heterocycles. The summed E-state index contributed by atoms with van der Waals surface area (Å²) in [6, 6.07) is 4.99. The Morgan fingerprint density at radius 2 is 2.19 bits per heavy atom. The molecule has 1 fully saturated rings. The first-order valence-electron chi connectivity index (χ1n) is 8.03. The van der Waals surface area contributed by atoms with Crippen LogP contribution in [0.4, 0.5) is 5.69 Å². The molecule has 2 heterocycles. The lowest BCUT2D eigenvalue weighted by atomic mass is 10.1. The summed E-state index contributed by atoms with van der Waals surface area (Å²) in [5, 5.41) is 10.4. The van der Waals surface area contributed by atoms with E-state index in [1.165, 1.54) is 0 Å². The van der Waals surface area contributed by atoms with Gasteiger partial charge in [0.1, 0.15) is 11.7 Å². The summed E-state index contributed by atoms with van der Waals surface area (Å²) in [6.07, 6.45) is 0.976. The van der Waals surface area contributed by atoms with Gasteiger partial charge < -0.3 is 14.8 Å². The Morgan fingerprint density at radius 1 is 1.42 bits per heavy atom. The summed E-state index contributed by atoms with van der Waals surface area (Å²) in [7, 11) is 1.80. The van der Waals surface area contributed by atoms with E-state index in [-0.39, 0.29) is 11.8 Å². The third kappa shape index (κ3) is 3.77. The number of hydrogen-bond acceptors (Lipinski definition) is 4. The standard InChI is InChI=1S/C16H17Cl2N5O2S/c1-22-13(20-21-16(22)26)4-6-19-14(24)10-5-7-23(15(10)25)9-2-3-11(17)12(18)8-9/h2-3,8,10H,4-7H2,1H3,(H,19,24)(H,21,26). The number of carbonyl (C=O) groups is 2. The van der Waals surface area contributed by atoms with Gasteiger partial charge in [-0.05, 0) is 36.8 Å². The van der Waals surface area contributed by atoms with Crippen LogP contribution in [0.3, 0.4) is 0 Å². The van der Waals surface area contributed by atoms with E-state index in [4.69, 9.17) is 35.4 Å². The van der Waals surface area contributed by atoms with Crippen molar-refractivity contribution in [2.24, 2.45) is 13.0 Å². The van der Waals surface area contributed by atoms with Crippen molar-refractivity contribution >= 4 is 52.9 Å². The fourth-order valence-corrected chi connectivity index (χ4v) is 3.30. The Labute approximate surface area is 165 Å². The smallest absolute Gasteiger partial charge is 0.239 e. The number of nitrogens with zero attached hydrogens (tertiary/aromatic N) is 3. The predicted molar refractivity (Wildman–Crippen MR) is 102 cm³/mol. The molecular weight excluding hydrogens is 397 g/mol. The molecule has 1 aromatic carbocycles. The first-order chi connectivity index (χ1) is 12.4. The van der Waals surface area contributed by atoms with E-state index in [1.54, 1.807) is 34.7 Å². The number of aromatic nitrogens is 3. The molecule has 1 unspecified atom stereocenters. The number of H-pyrrole nitrogens is 1. The Morgan fingerprint density at radius 3 is 2.85 bits per heavy atom. The van der Waals surface area contributed by atoms with Crippen molar-refractivity contribution in [2.75, 3.05) is 18.0 Å². The number of amides is 2. The van der Waals surface area contributed by atoms with Crippen molar-refractivity contribution in [2.45, 2.75) is 12.8 Å². The van der Waals surface area contributed by atoms with Crippen LogP contribution in [0.1, 0.15) is 12.2 Å². The second kappa shape index (κ2) is 7.77. The van der Waals surface area contributed by atoms with Gasteiger partial charge in [0.2, 0.25) is 11.8 Å². The molecule has 0 saturated carbocycles. The lowest BCUT2D eigenvalue weighted by Crippen LogP contribution is -2.37. The average Bonchev–Trinajstić information content (AvgIpc) is 3.14. The summed E-state index contributed by atoms with van der Waals surface area (Å²) in [5.41, 5.74) is 0.640. The number of rotatable bonds is 5. The molecule has 0 radical (unpaired) electrons. The van der Waals surface area contributed by atoms with Crippen molar-refractivity contribution in [3.63, 3.8) is 0 Å². The Kier molecular flexibility index (Phi) is 5.64. The highest BCUT2D eigenvalue weighted by Gasteiger charge is 2.37. The van der Waals surface area contributed by atoms with Gasteiger partial charge in [-0.2, -0.15) is 5.10 Å². The number of hydrogen-bond donors (Lipinski definition) is 2. The fraction of sp³-hybridized carbons (Fsp3) is 0.375. The van der Waals surface area contributed by atoms with Crippen LogP contribution in [-0.4, -0.2) is 39.7 Å². The molecule has 1 atom stereocenters. The molecule has 0 bridgehead atoms. The Bertz CT molecular complexity index is 910. The normalized spacial score (nSPS) is 17.0. The van der Waals surface area contributed by atoms with Gasteiger partial charge in [-0.1, -0.05) is 23.2 Å². The molecular formula is C16H17Cl2N5O2S. The number of anilines is 1. The van der Waals surface area contributed by atoms with E-state index in [0.29, 0.717) is 46.4 Å². The topological polar surface area (TPSA) is 83.0 Å². The third-order valence-corrected chi connectivity index (χ3v) is 5.46. The second-order valence-corrected chi connectivity index (χ2v) is 7.18. The largest absolute Gasteiger partial charge is 0.355 e. The molecule has 1 aliphatic heterocycles. The van der Waals surface area contributed by atoms with Crippen LogP contribution in [-0.2, 0) is 23.1 Å². The van der Waals surface area contributed by atoms with Gasteiger partial charge in [0.25, 0.3) is 0 Å². The molecule has 26 heavy (non-hydrogen) atoms. The molecule has 0 aliphatic carbocycles. The monoisotopic (exact) mass is 413 g/mol.